The van der Waals surface area contributed by atoms with Crippen molar-refractivity contribution < 1.29 is 22.7 Å². The fourth-order valence-corrected chi connectivity index (χ4v) is 4.21. The lowest BCUT2D eigenvalue weighted by Crippen LogP contribution is -2.40. The van der Waals surface area contributed by atoms with Gasteiger partial charge in [-0.15, -0.1) is 0 Å². The Morgan fingerprint density at radius 2 is 2.09 bits per heavy atom. The number of fused-ring (bicyclic) bond motifs is 1. The van der Waals surface area contributed by atoms with E-state index >= 15 is 0 Å². The summed E-state index contributed by atoms with van der Waals surface area (Å²) in [5, 5.41) is 3.23. The fraction of sp³-hybridized carbons (Fsp3) is 0.500. The lowest BCUT2D eigenvalue weighted by molar-refractivity contribution is -0.138. The third-order valence-electron chi connectivity index (χ3n) is 5.92. The minimum Gasteiger partial charge on any atom is -0.399 e. The molecular formula is C22H26F3N5O2. The molecule has 7 nitrogen and oxygen atoms in total. The van der Waals surface area contributed by atoms with Crippen LogP contribution in [0.5, 0.6) is 0 Å². The van der Waals surface area contributed by atoms with E-state index in [9.17, 15) is 18.0 Å². The van der Waals surface area contributed by atoms with E-state index in [2.05, 4.69) is 15.3 Å². The molecule has 1 aromatic carbocycles. The molecule has 2 aliphatic heterocycles. The molecule has 10 heteroatoms. The number of nitrogens with two attached hydrogens (primary N) is 1. The topological polar surface area (TPSA) is 93.4 Å². The molecule has 0 unspecified atom stereocenters. The zero-order valence-electron chi connectivity index (χ0n) is 18.0. The van der Waals surface area contributed by atoms with Crippen LogP contribution in [0, 0.1) is 12.8 Å². The zero-order chi connectivity index (χ0) is 23.0. The molecule has 1 aromatic heterocycles. The van der Waals surface area contributed by atoms with E-state index in [0.29, 0.717) is 56.4 Å². The number of nitrogen functional groups attached to an aromatic ring is 1. The van der Waals surface area contributed by atoms with E-state index in [4.69, 9.17) is 10.5 Å². The Kier molecular flexibility index (Phi) is 5.98. The standard InChI is InChI=1S/C22H26F3N5O2/c1-12(15-7-16(22(23,24)25)9-17(26)8-15)27-20-18-10-30(21(31)14-4-6-32-11-14)5-3-19(18)28-13(2)29-20/h7-9,12,14H,3-6,10-11,26H2,1-2H3,(H,27,28,29)/t12-,14+/m1/s1. The number of nitrogens with one attached hydrogen (secondary N) is 1. The molecule has 0 aliphatic carbocycles. The lowest BCUT2D eigenvalue weighted by Gasteiger charge is -2.31. The van der Waals surface area contributed by atoms with Gasteiger partial charge in [0.05, 0.1) is 36.4 Å². The van der Waals surface area contributed by atoms with Crippen LogP contribution >= 0.6 is 0 Å². The normalized spacial score (nSPS) is 19.5. The van der Waals surface area contributed by atoms with Crippen LogP contribution in [-0.2, 0) is 28.7 Å². The summed E-state index contributed by atoms with van der Waals surface area (Å²) in [4.78, 5) is 23.7. The van der Waals surface area contributed by atoms with Gasteiger partial charge >= 0.3 is 6.18 Å². The number of nitrogens with zero attached hydrogens (tertiary/aromatic N) is 3. The largest absolute Gasteiger partial charge is 0.416 e. The Bertz CT molecular complexity index is 1020. The van der Waals surface area contributed by atoms with E-state index < -0.39 is 17.8 Å². The van der Waals surface area contributed by atoms with Gasteiger partial charge in [-0.05, 0) is 44.0 Å². The van der Waals surface area contributed by atoms with Crippen LogP contribution in [-0.4, -0.2) is 40.5 Å². The Hall–Kier alpha value is -2.88. The summed E-state index contributed by atoms with van der Waals surface area (Å²) in [6, 6.07) is 3.03. The van der Waals surface area contributed by atoms with E-state index in [1.165, 1.54) is 6.07 Å². The smallest absolute Gasteiger partial charge is 0.399 e. The molecule has 1 fully saturated rings. The summed E-state index contributed by atoms with van der Waals surface area (Å²) in [6.45, 7) is 5.47. The number of alkyl halides is 3. The van der Waals surface area contributed by atoms with Crippen molar-refractivity contribution in [1.29, 1.82) is 0 Å². The quantitative estimate of drug-likeness (QED) is 0.695. The maximum atomic E-state index is 13.2. The van der Waals surface area contributed by atoms with Crippen LogP contribution in [0.3, 0.4) is 0 Å². The van der Waals surface area contributed by atoms with E-state index in [-0.39, 0.29) is 17.5 Å². The van der Waals surface area contributed by atoms with Gasteiger partial charge in [-0.25, -0.2) is 9.97 Å². The zero-order valence-corrected chi connectivity index (χ0v) is 18.0. The number of benzene rings is 1. The SMILES string of the molecule is Cc1nc2c(c(N[C@H](C)c3cc(N)cc(C(F)(F)F)c3)n1)CN(C(=O)[C@H]1CCOC1)CC2. The first kappa shape index (κ1) is 22.3. The fourth-order valence-electron chi connectivity index (χ4n) is 4.21. The van der Waals surface area contributed by atoms with Crippen LogP contribution in [0.2, 0.25) is 0 Å². The van der Waals surface area contributed by atoms with Crippen molar-refractivity contribution in [1.82, 2.24) is 14.9 Å². The van der Waals surface area contributed by atoms with E-state index in [0.717, 1.165) is 23.4 Å². The number of hydrogen-bond donors (Lipinski definition) is 2. The number of halogens is 3. The molecule has 0 radical (unpaired) electrons. The Morgan fingerprint density at radius 1 is 1.31 bits per heavy atom. The number of ether oxygens (including phenoxy) is 1. The monoisotopic (exact) mass is 449 g/mol. The molecule has 4 rings (SSSR count). The number of carbonyl (C=O) groups excluding carboxylic acids is 1. The van der Waals surface area contributed by atoms with Gasteiger partial charge in [0.15, 0.2) is 0 Å². The van der Waals surface area contributed by atoms with Gasteiger partial charge in [0.1, 0.15) is 11.6 Å². The van der Waals surface area contributed by atoms with Crippen molar-refractivity contribution in [3.8, 4) is 0 Å². The molecule has 2 atom stereocenters. The van der Waals surface area contributed by atoms with Crippen LogP contribution in [0.1, 0.15) is 47.6 Å². The molecule has 32 heavy (non-hydrogen) atoms. The highest BCUT2D eigenvalue weighted by Gasteiger charge is 2.33. The van der Waals surface area contributed by atoms with E-state index in [1.54, 1.807) is 18.7 Å². The van der Waals surface area contributed by atoms with E-state index in [1.807, 2.05) is 0 Å². The minimum atomic E-state index is -4.49. The van der Waals surface area contributed by atoms with Gasteiger partial charge in [0.2, 0.25) is 5.91 Å². The second-order valence-electron chi connectivity index (χ2n) is 8.37. The lowest BCUT2D eigenvalue weighted by atomic mass is 10.0. The predicted molar refractivity (Wildman–Crippen MR) is 113 cm³/mol. The Morgan fingerprint density at radius 3 is 2.78 bits per heavy atom. The minimum absolute atomic E-state index is 0.0416. The molecule has 3 heterocycles. The van der Waals surface area contributed by atoms with Crippen LogP contribution < -0.4 is 11.1 Å². The average molecular weight is 449 g/mol. The highest BCUT2D eigenvalue weighted by molar-refractivity contribution is 5.79. The van der Waals surface area contributed by atoms with Crippen molar-refractivity contribution in [2.24, 2.45) is 5.92 Å². The van der Waals surface area contributed by atoms with Gasteiger partial charge in [-0.3, -0.25) is 4.79 Å². The third-order valence-corrected chi connectivity index (χ3v) is 5.92. The molecule has 0 spiro atoms. The van der Waals surface area contributed by atoms with Crippen molar-refractivity contribution in [2.45, 2.75) is 45.5 Å². The average Bonchev–Trinajstić information content (AvgIpc) is 3.26. The van der Waals surface area contributed by atoms with Crippen LogP contribution in [0.25, 0.3) is 0 Å². The number of rotatable bonds is 4. The van der Waals surface area contributed by atoms with Crippen LogP contribution in [0.4, 0.5) is 24.7 Å². The number of anilines is 2. The molecule has 2 aromatic rings. The molecule has 3 N–H and O–H groups in total. The number of aryl methyl sites for hydroxylation is 1. The van der Waals surface area contributed by atoms with Crippen molar-refractivity contribution in [3.05, 3.63) is 46.4 Å². The van der Waals surface area contributed by atoms with Gasteiger partial charge in [-0.1, -0.05) is 0 Å². The second kappa shape index (κ2) is 8.57. The van der Waals surface area contributed by atoms with Gasteiger partial charge < -0.3 is 20.7 Å². The number of carbonyl (C=O) groups is 1. The molecular weight excluding hydrogens is 423 g/mol. The summed E-state index contributed by atoms with van der Waals surface area (Å²) >= 11 is 0. The summed E-state index contributed by atoms with van der Waals surface area (Å²) in [6.07, 6.45) is -3.18. The molecule has 172 valence electrons. The molecule has 1 saturated heterocycles. The van der Waals surface area contributed by atoms with Crippen molar-refractivity contribution >= 4 is 17.4 Å². The van der Waals surface area contributed by atoms with Gasteiger partial charge in [-0.2, -0.15) is 13.2 Å². The summed E-state index contributed by atoms with van der Waals surface area (Å²) in [7, 11) is 0. The van der Waals surface area contributed by atoms with Gasteiger partial charge in [0.25, 0.3) is 0 Å². The summed E-state index contributed by atoms with van der Waals surface area (Å²) in [5.74, 6) is 1.01. The maximum Gasteiger partial charge on any atom is 0.416 e. The molecule has 2 aliphatic rings. The van der Waals surface area contributed by atoms with Crippen molar-refractivity contribution in [3.63, 3.8) is 0 Å². The predicted octanol–water partition coefficient (Wildman–Crippen LogP) is 3.48. The highest BCUT2D eigenvalue weighted by atomic mass is 19.4. The maximum absolute atomic E-state index is 13.2. The molecule has 0 bridgehead atoms. The van der Waals surface area contributed by atoms with Crippen molar-refractivity contribution in [2.75, 3.05) is 30.8 Å². The Labute approximate surface area is 184 Å². The first-order valence-electron chi connectivity index (χ1n) is 10.6. The molecule has 0 saturated carbocycles. The molecule has 1 amide bonds. The first-order chi connectivity index (χ1) is 15.1. The van der Waals surface area contributed by atoms with Gasteiger partial charge in [0, 0.05) is 30.8 Å². The number of hydrogen-bond acceptors (Lipinski definition) is 6. The number of aromatic nitrogens is 2. The summed E-state index contributed by atoms with van der Waals surface area (Å²) in [5.41, 5.74) is 7.01. The number of amides is 1. The summed E-state index contributed by atoms with van der Waals surface area (Å²) < 4.78 is 45.0. The van der Waals surface area contributed by atoms with Crippen LogP contribution in [0.15, 0.2) is 18.2 Å². The second-order valence-corrected chi connectivity index (χ2v) is 8.37. The third kappa shape index (κ3) is 4.64. The first-order valence-corrected chi connectivity index (χ1v) is 10.6. The highest BCUT2D eigenvalue weighted by Crippen LogP contribution is 2.34. The Balaban J connectivity index is 1.59.